The third-order valence-electron chi connectivity index (χ3n) is 3.38. The lowest BCUT2D eigenvalue weighted by Crippen LogP contribution is -2.36. The number of aryl methyl sites for hydroxylation is 1. The third kappa shape index (κ3) is 2.25. The Labute approximate surface area is 129 Å². The predicted octanol–water partition coefficient (Wildman–Crippen LogP) is 1.55. The van der Waals surface area contributed by atoms with Gasteiger partial charge in [0.1, 0.15) is 4.83 Å². The lowest BCUT2D eigenvalue weighted by atomic mass is 10.3. The van der Waals surface area contributed by atoms with E-state index in [9.17, 15) is 14.4 Å². The third-order valence-corrected chi connectivity index (χ3v) is 4.59. The Morgan fingerprint density at radius 2 is 1.77 bits per heavy atom. The molecule has 1 aromatic carbocycles. The van der Waals surface area contributed by atoms with E-state index in [1.807, 2.05) is 18.2 Å². The molecule has 1 N–H and O–H groups in total. The second-order valence-corrected chi connectivity index (χ2v) is 5.89. The summed E-state index contributed by atoms with van der Waals surface area (Å²) in [7, 11) is 3.00. The highest BCUT2D eigenvalue weighted by atomic mass is 32.1. The van der Waals surface area contributed by atoms with Gasteiger partial charge in [0.05, 0.1) is 10.3 Å². The van der Waals surface area contributed by atoms with E-state index in [4.69, 9.17) is 0 Å². The van der Waals surface area contributed by atoms with Gasteiger partial charge < -0.3 is 5.32 Å². The van der Waals surface area contributed by atoms with Crippen LogP contribution in [0.4, 0.5) is 5.69 Å². The number of aromatic nitrogens is 2. The highest BCUT2D eigenvalue weighted by Gasteiger charge is 2.16. The molecule has 0 aliphatic heterocycles. The van der Waals surface area contributed by atoms with Crippen LogP contribution in [-0.2, 0) is 14.1 Å². The summed E-state index contributed by atoms with van der Waals surface area (Å²) in [6.07, 6.45) is 0. The van der Waals surface area contributed by atoms with Gasteiger partial charge >= 0.3 is 5.69 Å². The molecular formula is C15H13N3O3S. The smallest absolute Gasteiger partial charge is 0.321 e. The van der Waals surface area contributed by atoms with Crippen LogP contribution in [0.5, 0.6) is 0 Å². The summed E-state index contributed by atoms with van der Waals surface area (Å²) in [4.78, 5) is 37.2. The molecule has 22 heavy (non-hydrogen) atoms. The Bertz CT molecular complexity index is 983. The first kappa shape index (κ1) is 14.3. The van der Waals surface area contributed by atoms with Crippen molar-refractivity contribution in [1.29, 1.82) is 0 Å². The number of carbonyl (C=O) groups is 1. The number of carbonyl (C=O) groups excluding carboxylic acids is 1. The van der Waals surface area contributed by atoms with Crippen molar-refractivity contribution in [3.8, 4) is 0 Å². The highest BCUT2D eigenvalue weighted by molar-refractivity contribution is 7.20. The zero-order valence-electron chi connectivity index (χ0n) is 12.0. The molecule has 1 amide bonds. The normalized spacial score (nSPS) is 10.8. The zero-order chi connectivity index (χ0) is 15.9. The van der Waals surface area contributed by atoms with Crippen molar-refractivity contribution in [2.45, 2.75) is 0 Å². The van der Waals surface area contributed by atoms with Crippen molar-refractivity contribution in [3.63, 3.8) is 0 Å². The quantitative estimate of drug-likeness (QED) is 0.780. The number of hydrogen-bond acceptors (Lipinski definition) is 4. The summed E-state index contributed by atoms with van der Waals surface area (Å²) in [6.45, 7) is 0. The first-order valence-electron chi connectivity index (χ1n) is 6.55. The van der Waals surface area contributed by atoms with E-state index in [2.05, 4.69) is 5.32 Å². The second-order valence-electron chi connectivity index (χ2n) is 4.86. The Hall–Kier alpha value is -2.67. The Balaban J connectivity index is 2.08. The fourth-order valence-corrected chi connectivity index (χ4v) is 3.19. The van der Waals surface area contributed by atoms with Crippen molar-refractivity contribution < 1.29 is 4.79 Å². The number of thiophene rings is 1. The average Bonchev–Trinajstić information content (AvgIpc) is 2.97. The van der Waals surface area contributed by atoms with Crippen LogP contribution in [0.2, 0.25) is 0 Å². The van der Waals surface area contributed by atoms with Crippen LogP contribution in [0.25, 0.3) is 10.2 Å². The molecule has 7 heteroatoms. The maximum Gasteiger partial charge on any atom is 0.331 e. The number of para-hydroxylation sites is 1. The van der Waals surface area contributed by atoms with Crippen LogP contribution in [0.15, 0.2) is 46.0 Å². The van der Waals surface area contributed by atoms with Gasteiger partial charge in [-0.2, -0.15) is 0 Å². The standard InChI is InChI=1S/C15H13N3O3S/c1-17-13(20)10-8-11(22-14(10)18(2)15(17)21)12(19)16-9-6-4-3-5-7-9/h3-8H,1-2H3,(H,16,19). The number of rotatable bonds is 2. The molecule has 0 unspecified atom stereocenters. The molecule has 0 radical (unpaired) electrons. The number of fused-ring (bicyclic) bond motifs is 1. The monoisotopic (exact) mass is 315 g/mol. The van der Waals surface area contributed by atoms with Gasteiger partial charge in [0.25, 0.3) is 11.5 Å². The molecule has 0 aliphatic rings. The number of amides is 1. The van der Waals surface area contributed by atoms with Crippen LogP contribution in [0.1, 0.15) is 9.67 Å². The van der Waals surface area contributed by atoms with Gasteiger partial charge in [-0.25, -0.2) is 4.79 Å². The molecule has 2 heterocycles. The lowest BCUT2D eigenvalue weighted by Gasteiger charge is -2.02. The molecule has 6 nitrogen and oxygen atoms in total. The molecule has 0 fully saturated rings. The Morgan fingerprint density at radius 3 is 2.45 bits per heavy atom. The minimum Gasteiger partial charge on any atom is -0.321 e. The maximum absolute atomic E-state index is 12.3. The Morgan fingerprint density at radius 1 is 1.09 bits per heavy atom. The summed E-state index contributed by atoms with van der Waals surface area (Å²) < 4.78 is 2.41. The van der Waals surface area contributed by atoms with Gasteiger partial charge in [0.15, 0.2) is 0 Å². The zero-order valence-corrected chi connectivity index (χ0v) is 12.8. The van der Waals surface area contributed by atoms with Gasteiger partial charge in [-0.05, 0) is 18.2 Å². The largest absolute Gasteiger partial charge is 0.331 e. The highest BCUT2D eigenvalue weighted by Crippen LogP contribution is 2.22. The molecule has 0 saturated heterocycles. The number of anilines is 1. The van der Waals surface area contributed by atoms with E-state index < -0.39 is 11.2 Å². The van der Waals surface area contributed by atoms with Crippen LogP contribution in [-0.4, -0.2) is 15.0 Å². The summed E-state index contributed by atoms with van der Waals surface area (Å²) in [5.41, 5.74) is -0.130. The summed E-state index contributed by atoms with van der Waals surface area (Å²) >= 11 is 1.13. The van der Waals surface area contributed by atoms with Crippen molar-refractivity contribution >= 4 is 33.1 Å². The van der Waals surface area contributed by atoms with E-state index in [0.717, 1.165) is 15.9 Å². The first-order valence-corrected chi connectivity index (χ1v) is 7.36. The first-order chi connectivity index (χ1) is 10.5. The van der Waals surface area contributed by atoms with Gasteiger partial charge in [-0.15, -0.1) is 11.3 Å². The molecular weight excluding hydrogens is 302 g/mol. The molecule has 3 rings (SSSR count). The number of benzene rings is 1. The van der Waals surface area contributed by atoms with Gasteiger partial charge in [-0.3, -0.25) is 18.7 Å². The van der Waals surface area contributed by atoms with Crippen LogP contribution in [0, 0.1) is 0 Å². The molecule has 0 aliphatic carbocycles. The van der Waals surface area contributed by atoms with Crippen molar-refractivity contribution in [2.75, 3.05) is 5.32 Å². The topological polar surface area (TPSA) is 73.1 Å². The fraction of sp³-hybridized carbons (Fsp3) is 0.133. The van der Waals surface area contributed by atoms with Gasteiger partial charge in [0.2, 0.25) is 0 Å². The van der Waals surface area contributed by atoms with Crippen LogP contribution >= 0.6 is 11.3 Å². The molecule has 2 aromatic heterocycles. The van der Waals surface area contributed by atoms with Gasteiger partial charge in [-0.1, -0.05) is 18.2 Å². The fourth-order valence-electron chi connectivity index (χ4n) is 2.19. The SMILES string of the molecule is Cn1c(=O)c2cc(C(=O)Nc3ccccc3)sc2n(C)c1=O. The molecule has 0 spiro atoms. The Kier molecular flexibility index (Phi) is 3.42. The maximum atomic E-state index is 12.3. The minimum absolute atomic E-state index is 0.304. The number of nitrogens with one attached hydrogen (secondary N) is 1. The molecule has 0 atom stereocenters. The van der Waals surface area contributed by atoms with Crippen molar-refractivity contribution in [1.82, 2.24) is 9.13 Å². The molecule has 0 bridgehead atoms. The summed E-state index contributed by atoms with van der Waals surface area (Å²) in [6, 6.07) is 10.6. The molecule has 0 saturated carbocycles. The number of hydrogen-bond donors (Lipinski definition) is 1. The van der Waals surface area contributed by atoms with E-state index >= 15 is 0 Å². The minimum atomic E-state index is -0.408. The van der Waals surface area contributed by atoms with Crippen LogP contribution in [0.3, 0.4) is 0 Å². The molecule has 112 valence electrons. The van der Waals surface area contributed by atoms with Crippen molar-refractivity contribution in [2.24, 2.45) is 14.1 Å². The summed E-state index contributed by atoms with van der Waals surface area (Å²) in [5, 5.41) is 3.13. The predicted molar refractivity (Wildman–Crippen MR) is 86.7 cm³/mol. The van der Waals surface area contributed by atoms with E-state index in [-0.39, 0.29) is 5.91 Å². The van der Waals surface area contributed by atoms with E-state index in [1.54, 1.807) is 19.2 Å². The van der Waals surface area contributed by atoms with E-state index in [0.29, 0.717) is 20.8 Å². The molecule has 3 aromatic rings. The van der Waals surface area contributed by atoms with Crippen molar-refractivity contribution in [3.05, 3.63) is 62.1 Å². The van der Waals surface area contributed by atoms with Gasteiger partial charge in [0, 0.05) is 19.8 Å². The second kappa shape index (κ2) is 5.27. The van der Waals surface area contributed by atoms with E-state index in [1.165, 1.54) is 17.7 Å². The average molecular weight is 315 g/mol. The summed E-state index contributed by atoms with van der Waals surface area (Å²) in [5.74, 6) is -0.304. The number of nitrogens with zero attached hydrogens (tertiary/aromatic N) is 2. The lowest BCUT2D eigenvalue weighted by molar-refractivity contribution is 0.103. The van der Waals surface area contributed by atoms with Crippen LogP contribution < -0.4 is 16.6 Å².